The number of carbonyl (C=O) groups excluding carboxylic acids is 1. The van der Waals surface area contributed by atoms with Crippen molar-refractivity contribution < 1.29 is 14.7 Å². The summed E-state index contributed by atoms with van der Waals surface area (Å²) >= 11 is 1.72. The lowest BCUT2D eigenvalue weighted by molar-refractivity contribution is -0.146. The van der Waals surface area contributed by atoms with Gasteiger partial charge in [0, 0.05) is 17.4 Å². The molecule has 0 aromatic heterocycles. The number of rotatable bonds is 9. The van der Waals surface area contributed by atoms with Crippen molar-refractivity contribution in [2.75, 3.05) is 12.3 Å². The van der Waals surface area contributed by atoms with Crippen LogP contribution in [0.1, 0.15) is 33.1 Å². The van der Waals surface area contributed by atoms with E-state index in [9.17, 15) is 9.59 Å². The number of thioether (sulfide) groups is 1. The van der Waals surface area contributed by atoms with Crippen molar-refractivity contribution in [2.45, 2.75) is 44.0 Å². The van der Waals surface area contributed by atoms with E-state index in [-0.39, 0.29) is 18.5 Å². The molecule has 21 heavy (non-hydrogen) atoms. The quantitative estimate of drug-likeness (QED) is 0.562. The second-order valence-corrected chi connectivity index (χ2v) is 6.11. The highest BCUT2D eigenvalue weighted by molar-refractivity contribution is 7.99. The first kappa shape index (κ1) is 17.6. The van der Waals surface area contributed by atoms with Gasteiger partial charge in [-0.15, -0.1) is 11.8 Å². The van der Waals surface area contributed by atoms with E-state index in [1.165, 1.54) is 9.80 Å². The van der Waals surface area contributed by atoms with Crippen molar-refractivity contribution in [3.8, 4) is 0 Å². The minimum atomic E-state index is -0.956. The fraction of sp³-hybridized carbons (Fsp3) is 0.500. The Hall–Kier alpha value is -1.49. The van der Waals surface area contributed by atoms with Crippen molar-refractivity contribution in [2.24, 2.45) is 0 Å². The van der Waals surface area contributed by atoms with Gasteiger partial charge in [0.25, 0.3) is 0 Å². The molecular weight excluding hydrogens is 286 g/mol. The number of carboxylic acid groups (broad SMARTS) is 1. The van der Waals surface area contributed by atoms with Gasteiger partial charge >= 0.3 is 5.97 Å². The molecule has 1 amide bonds. The topological polar surface area (TPSA) is 57.6 Å². The molecule has 1 N–H and O–H groups in total. The molecule has 0 bridgehead atoms. The molecule has 0 spiro atoms. The van der Waals surface area contributed by atoms with Crippen LogP contribution < -0.4 is 0 Å². The summed E-state index contributed by atoms with van der Waals surface area (Å²) in [4.78, 5) is 25.7. The largest absolute Gasteiger partial charge is 0.480 e. The van der Waals surface area contributed by atoms with Crippen LogP contribution in [0.5, 0.6) is 0 Å². The highest BCUT2D eigenvalue weighted by Gasteiger charge is 2.20. The van der Waals surface area contributed by atoms with Crippen LogP contribution in [0.15, 0.2) is 35.2 Å². The maximum Gasteiger partial charge on any atom is 0.323 e. The number of nitrogens with zero attached hydrogens (tertiary/aromatic N) is 1. The van der Waals surface area contributed by atoms with Gasteiger partial charge in [-0.2, -0.15) is 0 Å². The van der Waals surface area contributed by atoms with E-state index in [0.29, 0.717) is 6.42 Å². The number of carbonyl (C=O) groups is 2. The van der Waals surface area contributed by atoms with Crippen LogP contribution in [-0.2, 0) is 9.59 Å². The minimum absolute atomic E-state index is 0.0321. The predicted molar refractivity (Wildman–Crippen MR) is 85.5 cm³/mol. The lowest BCUT2D eigenvalue weighted by Crippen LogP contribution is -2.41. The fourth-order valence-corrected chi connectivity index (χ4v) is 2.80. The van der Waals surface area contributed by atoms with Gasteiger partial charge in [0.05, 0.1) is 0 Å². The van der Waals surface area contributed by atoms with Crippen molar-refractivity contribution in [1.29, 1.82) is 0 Å². The van der Waals surface area contributed by atoms with Crippen molar-refractivity contribution in [3.05, 3.63) is 30.3 Å². The molecule has 1 aromatic rings. The molecule has 1 aromatic carbocycles. The van der Waals surface area contributed by atoms with Crippen LogP contribution in [0.2, 0.25) is 0 Å². The van der Waals surface area contributed by atoms with Crippen LogP contribution in [0.4, 0.5) is 0 Å². The van der Waals surface area contributed by atoms with Crippen molar-refractivity contribution in [1.82, 2.24) is 4.90 Å². The van der Waals surface area contributed by atoms with E-state index in [1.807, 2.05) is 44.2 Å². The molecule has 1 rings (SSSR count). The molecule has 4 nitrogen and oxygen atoms in total. The van der Waals surface area contributed by atoms with Crippen LogP contribution in [-0.4, -0.2) is 40.2 Å². The third-order valence-corrected chi connectivity index (χ3v) is 4.39. The zero-order valence-corrected chi connectivity index (χ0v) is 13.4. The third-order valence-electron chi connectivity index (χ3n) is 3.30. The Bertz CT molecular complexity index is 450. The average Bonchev–Trinajstić information content (AvgIpc) is 2.49. The Morgan fingerprint density at radius 1 is 1.29 bits per heavy atom. The SMILES string of the molecule is CCC(C)N(CC(=O)O)C(=O)CCCSc1ccccc1. The number of benzene rings is 1. The van der Waals surface area contributed by atoms with Gasteiger partial charge < -0.3 is 10.0 Å². The fourth-order valence-electron chi connectivity index (χ4n) is 1.93. The Morgan fingerprint density at radius 2 is 1.95 bits per heavy atom. The smallest absolute Gasteiger partial charge is 0.323 e. The van der Waals surface area contributed by atoms with E-state index in [1.54, 1.807) is 11.8 Å². The lowest BCUT2D eigenvalue weighted by atomic mass is 10.2. The zero-order valence-electron chi connectivity index (χ0n) is 12.6. The summed E-state index contributed by atoms with van der Waals surface area (Å²) in [5.41, 5.74) is 0. The summed E-state index contributed by atoms with van der Waals surface area (Å²) in [6.45, 7) is 3.64. The first-order valence-electron chi connectivity index (χ1n) is 7.23. The van der Waals surface area contributed by atoms with Gasteiger partial charge in [-0.25, -0.2) is 0 Å². The number of hydrogen-bond acceptors (Lipinski definition) is 3. The summed E-state index contributed by atoms with van der Waals surface area (Å²) < 4.78 is 0. The highest BCUT2D eigenvalue weighted by Crippen LogP contribution is 2.19. The number of hydrogen-bond donors (Lipinski definition) is 1. The highest BCUT2D eigenvalue weighted by atomic mass is 32.2. The summed E-state index contributed by atoms with van der Waals surface area (Å²) in [5, 5.41) is 8.90. The van der Waals surface area contributed by atoms with Gasteiger partial charge in [-0.1, -0.05) is 25.1 Å². The predicted octanol–water partition coefficient (Wildman–Crippen LogP) is 3.27. The summed E-state index contributed by atoms with van der Waals surface area (Å²) in [6.07, 6.45) is 1.92. The second-order valence-electron chi connectivity index (χ2n) is 4.94. The number of carboxylic acids is 1. The van der Waals surface area contributed by atoms with Crippen LogP contribution in [0, 0.1) is 0 Å². The van der Waals surface area contributed by atoms with E-state index >= 15 is 0 Å². The van der Waals surface area contributed by atoms with Crippen LogP contribution in [0.3, 0.4) is 0 Å². The third kappa shape index (κ3) is 6.67. The molecule has 0 radical (unpaired) electrons. The second kappa shape index (κ2) is 9.45. The standard InChI is InChI=1S/C16H23NO3S/c1-3-13(2)17(12-16(19)20)15(18)10-7-11-21-14-8-5-4-6-9-14/h4-6,8-9,13H,3,7,10-12H2,1-2H3,(H,19,20). The molecule has 0 heterocycles. The summed E-state index contributed by atoms with van der Waals surface area (Å²) in [7, 11) is 0. The molecule has 116 valence electrons. The molecule has 0 aliphatic heterocycles. The zero-order chi connectivity index (χ0) is 15.7. The summed E-state index contributed by atoms with van der Waals surface area (Å²) in [5.74, 6) is -0.167. The van der Waals surface area contributed by atoms with Crippen molar-refractivity contribution in [3.63, 3.8) is 0 Å². The molecular formula is C16H23NO3S. The number of amides is 1. The normalized spacial score (nSPS) is 11.9. The molecule has 5 heteroatoms. The van der Waals surface area contributed by atoms with Gasteiger partial charge in [0.15, 0.2) is 0 Å². The van der Waals surface area contributed by atoms with E-state index in [0.717, 1.165) is 18.6 Å². The Morgan fingerprint density at radius 3 is 2.52 bits per heavy atom. The van der Waals surface area contributed by atoms with Gasteiger partial charge in [0.2, 0.25) is 5.91 Å². The van der Waals surface area contributed by atoms with E-state index in [2.05, 4.69) is 0 Å². The first-order valence-corrected chi connectivity index (χ1v) is 8.22. The van der Waals surface area contributed by atoms with E-state index < -0.39 is 5.97 Å². The van der Waals surface area contributed by atoms with E-state index in [4.69, 9.17) is 5.11 Å². The molecule has 0 saturated heterocycles. The maximum atomic E-state index is 12.1. The average molecular weight is 309 g/mol. The van der Waals surface area contributed by atoms with Gasteiger partial charge in [-0.3, -0.25) is 9.59 Å². The number of aliphatic carboxylic acids is 1. The van der Waals surface area contributed by atoms with Crippen LogP contribution >= 0.6 is 11.8 Å². The Balaban J connectivity index is 2.37. The van der Waals surface area contributed by atoms with Crippen LogP contribution in [0.25, 0.3) is 0 Å². The molecule has 0 aliphatic carbocycles. The molecule has 0 saturated carbocycles. The maximum absolute atomic E-state index is 12.1. The molecule has 0 fully saturated rings. The molecule has 1 unspecified atom stereocenters. The first-order chi connectivity index (χ1) is 10.0. The minimum Gasteiger partial charge on any atom is -0.480 e. The summed E-state index contributed by atoms with van der Waals surface area (Å²) in [6, 6.07) is 10.0. The van der Waals surface area contributed by atoms with Gasteiger partial charge in [-0.05, 0) is 37.7 Å². The van der Waals surface area contributed by atoms with Gasteiger partial charge in [0.1, 0.15) is 6.54 Å². The van der Waals surface area contributed by atoms with Crippen molar-refractivity contribution >= 4 is 23.6 Å². The molecule has 1 atom stereocenters. The lowest BCUT2D eigenvalue weighted by Gasteiger charge is -2.27. The Kier molecular flexibility index (Phi) is 7.90. The monoisotopic (exact) mass is 309 g/mol. The molecule has 0 aliphatic rings. The Labute approximate surface area is 130 Å².